The molecule has 2 rings (SSSR count). The van der Waals surface area contributed by atoms with E-state index in [9.17, 15) is 14.4 Å². The summed E-state index contributed by atoms with van der Waals surface area (Å²) in [4.78, 5) is 36.6. The van der Waals surface area contributed by atoms with Gasteiger partial charge in [-0.2, -0.15) is 0 Å². The first-order valence-electron chi connectivity index (χ1n) is 6.57. The van der Waals surface area contributed by atoms with Crippen molar-refractivity contribution in [1.29, 1.82) is 0 Å². The minimum absolute atomic E-state index is 0.271. The van der Waals surface area contributed by atoms with Crippen molar-refractivity contribution >= 4 is 33.8 Å². The average molecular weight is 371 g/mol. The summed E-state index contributed by atoms with van der Waals surface area (Å²) in [5.41, 5.74) is 0.276. The zero-order chi connectivity index (χ0) is 16.3. The lowest BCUT2D eigenvalue weighted by Gasteiger charge is -2.18. The molecular weight excluding hydrogens is 356 g/mol. The lowest BCUT2D eigenvalue weighted by molar-refractivity contribution is -0.136. The standard InChI is InChI=1S/C14H15BrN2O5/c1-8(12(18)17-6-5-16-14(17)20)22-13(19)9-3-4-11(21-2)10(15)7-9/h3-4,7-8H,5-6H2,1-2H3,(H,16,20)/t8-/m0/s1. The summed E-state index contributed by atoms with van der Waals surface area (Å²) in [6, 6.07) is 4.22. The van der Waals surface area contributed by atoms with E-state index in [1.807, 2.05) is 0 Å². The number of carbonyl (C=O) groups is 3. The van der Waals surface area contributed by atoms with Crippen molar-refractivity contribution in [3.05, 3.63) is 28.2 Å². The Morgan fingerprint density at radius 2 is 2.14 bits per heavy atom. The molecule has 0 spiro atoms. The van der Waals surface area contributed by atoms with Crippen molar-refractivity contribution in [2.75, 3.05) is 20.2 Å². The number of benzene rings is 1. The molecule has 1 aromatic rings. The van der Waals surface area contributed by atoms with Crippen molar-refractivity contribution in [1.82, 2.24) is 10.2 Å². The molecule has 1 heterocycles. The molecule has 0 bridgehead atoms. The molecular formula is C14H15BrN2O5. The monoisotopic (exact) mass is 370 g/mol. The number of methoxy groups -OCH3 is 1. The Morgan fingerprint density at radius 1 is 1.41 bits per heavy atom. The van der Waals surface area contributed by atoms with Gasteiger partial charge in [-0.25, -0.2) is 9.59 Å². The second-order valence-corrected chi connectivity index (χ2v) is 5.47. The van der Waals surface area contributed by atoms with Crippen LogP contribution in [0.4, 0.5) is 4.79 Å². The van der Waals surface area contributed by atoms with Crippen LogP contribution in [0.2, 0.25) is 0 Å². The number of rotatable bonds is 4. The number of ether oxygens (including phenoxy) is 2. The number of urea groups is 1. The fourth-order valence-corrected chi connectivity index (χ4v) is 2.51. The molecule has 8 heteroatoms. The predicted molar refractivity (Wildman–Crippen MR) is 80.7 cm³/mol. The summed E-state index contributed by atoms with van der Waals surface area (Å²) in [6.45, 7) is 2.11. The van der Waals surface area contributed by atoms with Crippen molar-refractivity contribution in [3.63, 3.8) is 0 Å². The Labute approximate surface area is 135 Å². The van der Waals surface area contributed by atoms with Crippen molar-refractivity contribution in [2.24, 2.45) is 0 Å². The van der Waals surface area contributed by atoms with Crippen LogP contribution in [0.5, 0.6) is 5.75 Å². The molecule has 1 N–H and O–H groups in total. The van der Waals surface area contributed by atoms with Gasteiger partial charge < -0.3 is 14.8 Å². The van der Waals surface area contributed by atoms with Gasteiger partial charge in [0.25, 0.3) is 5.91 Å². The zero-order valence-corrected chi connectivity index (χ0v) is 13.7. The molecule has 3 amide bonds. The van der Waals surface area contributed by atoms with Gasteiger partial charge in [0.05, 0.1) is 17.1 Å². The Bertz CT molecular complexity index is 619. The van der Waals surface area contributed by atoms with E-state index in [0.717, 1.165) is 4.90 Å². The molecule has 0 saturated carbocycles. The van der Waals surface area contributed by atoms with Gasteiger partial charge >= 0.3 is 12.0 Å². The molecule has 1 aliphatic heterocycles. The Kier molecular flexibility index (Phi) is 5.02. The van der Waals surface area contributed by atoms with E-state index in [2.05, 4.69) is 21.2 Å². The minimum atomic E-state index is -1.04. The molecule has 1 saturated heterocycles. The number of esters is 1. The van der Waals surface area contributed by atoms with Gasteiger partial charge in [-0.15, -0.1) is 0 Å². The van der Waals surface area contributed by atoms with E-state index in [1.165, 1.54) is 20.1 Å². The van der Waals surface area contributed by atoms with Gasteiger partial charge in [-0.05, 0) is 41.1 Å². The maximum absolute atomic E-state index is 12.1. The molecule has 0 radical (unpaired) electrons. The van der Waals surface area contributed by atoms with Crippen LogP contribution in [0.3, 0.4) is 0 Å². The Hall–Kier alpha value is -2.09. The summed E-state index contributed by atoms with van der Waals surface area (Å²) >= 11 is 3.27. The van der Waals surface area contributed by atoms with Crippen LogP contribution in [-0.2, 0) is 9.53 Å². The maximum atomic E-state index is 12.1. The van der Waals surface area contributed by atoms with Crippen LogP contribution in [0.15, 0.2) is 22.7 Å². The van der Waals surface area contributed by atoms with Crippen LogP contribution in [0.25, 0.3) is 0 Å². The van der Waals surface area contributed by atoms with Crippen molar-refractivity contribution in [3.8, 4) is 5.75 Å². The van der Waals surface area contributed by atoms with Crippen LogP contribution < -0.4 is 10.1 Å². The van der Waals surface area contributed by atoms with Gasteiger partial charge in [0.2, 0.25) is 0 Å². The minimum Gasteiger partial charge on any atom is -0.496 e. The van der Waals surface area contributed by atoms with Gasteiger partial charge in [0, 0.05) is 13.1 Å². The molecule has 7 nitrogen and oxygen atoms in total. The molecule has 118 valence electrons. The molecule has 0 aromatic heterocycles. The molecule has 1 atom stereocenters. The predicted octanol–water partition coefficient (Wildman–Crippen LogP) is 1.55. The highest BCUT2D eigenvalue weighted by atomic mass is 79.9. The summed E-state index contributed by atoms with van der Waals surface area (Å²) < 4.78 is 10.8. The fraction of sp³-hybridized carbons (Fsp3) is 0.357. The zero-order valence-electron chi connectivity index (χ0n) is 12.1. The van der Waals surface area contributed by atoms with Crippen LogP contribution in [-0.4, -0.2) is 49.1 Å². The smallest absolute Gasteiger partial charge is 0.338 e. The summed E-state index contributed by atoms with van der Waals surface area (Å²) in [5.74, 6) is -0.617. The molecule has 1 aromatic carbocycles. The molecule has 22 heavy (non-hydrogen) atoms. The lowest BCUT2D eigenvalue weighted by Crippen LogP contribution is -2.41. The quantitative estimate of drug-likeness (QED) is 0.812. The third-order valence-corrected chi connectivity index (χ3v) is 3.76. The topological polar surface area (TPSA) is 84.9 Å². The van der Waals surface area contributed by atoms with Crippen LogP contribution in [0, 0.1) is 0 Å². The van der Waals surface area contributed by atoms with E-state index in [1.54, 1.807) is 12.1 Å². The first-order valence-corrected chi connectivity index (χ1v) is 7.37. The lowest BCUT2D eigenvalue weighted by atomic mass is 10.2. The van der Waals surface area contributed by atoms with E-state index in [-0.39, 0.29) is 12.1 Å². The van der Waals surface area contributed by atoms with E-state index in [4.69, 9.17) is 9.47 Å². The highest BCUT2D eigenvalue weighted by Crippen LogP contribution is 2.26. The number of halogens is 1. The number of amides is 3. The number of hydrogen-bond donors (Lipinski definition) is 1. The normalized spacial score (nSPS) is 15.2. The molecule has 0 unspecified atom stereocenters. The second kappa shape index (κ2) is 6.78. The Morgan fingerprint density at radius 3 is 2.68 bits per heavy atom. The number of nitrogens with zero attached hydrogens (tertiary/aromatic N) is 1. The van der Waals surface area contributed by atoms with Gasteiger partial charge in [-0.3, -0.25) is 9.69 Å². The second-order valence-electron chi connectivity index (χ2n) is 4.62. The maximum Gasteiger partial charge on any atom is 0.338 e. The fourth-order valence-electron chi connectivity index (χ4n) is 1.97. The first-order chi connectivity index (χ1) is 10.4. The van der Waals surface area contributed by atoms with E-state index >= 15 is 0 Å². The summed E-state index contributed by atoms with van der Waals surface area (Å²) in [6.07, 6.45) is -1.04. The Balaban J connectivity index is 2.03. The number of imide groups is 1. The SMILES string of the molecule is COc1ccc(C(=O)O[C@@H](C)C(=O)N2CCNC2=O)cc1Br. The first kappa shape index (κ1) is 16.3. The van der Waals surface area contributed by atoms with Crippen LogP contribution >= 0.6 is 15.9 Å². The third-order valence-electron chi connectivity index (χ3n) is 3.14. The van der Waals surface area contributed by atoms with E-state index in [0.29, 0.717) is 16.8 Å². The molecule has 1 aliphatic rings. The largest absolute Gasteiger partial charge is 0.496 e. The third kappa shape index (κ3) is 3.38. The summed E-state index contributed by atoms with van der Waals surface area (Å²) in [5, 5.41) is 2.52. The highest BCUT2D eigenvalue weighted by molar-refractivity contribution is 9.10. The molecule has 1 fully saturated rings. The average Bonchev–Trinajstić information content (AvgIpc) is 2.92. The van der Waals surface area contributed by atoms with Gasteiger partial charge in [-0.1, -0.05) is 0 Å². The number of hydrogen-bond acceptors (Lipinski definition) is 5. The van der Waals surface area contributed by atoms with E-state index < -0.39 is 24.0 Å². The highest BCUT2D eigenvalue weighted by Gasteiger charge is 2.31. The summed E-state index contributed by atoms with van der Waals surface area (Å²) in [7, 11) is 1.51. The van der Waals surface area contributed by atoms with Gasteiger partial charge in [0.15, 0.2) is 6.10 Å². The molecule has 0 aliphatic carbocycles. The number of carbonyl (C=O) groups excluding carboxylic acids is 3. The van der Waals surface area contributed by atoms with Crippen molar-refractivity contribution in [2.45, 2.75) is 13.0 Å². The number of nitrogens with one attached hydrogen (secondary N) is 1. The van der Waals surface area contributed by atoms with Crippen molar-refractivity contribution < 1.29 is 23.9 Å². The van der Waals surface area contributed by atoms with Gasteiger partial charge in [0.1, 0.15) is 5.75 Å². The van der Waals surface area contributed by atoms with Crippen LogP contribution in [0.1, 0.15) is 17.3 Å².